The molecular weight excluding hydrogens is 358 g/mol. The number of hydrogen-bond donors (Lipinski definition) is 0. The van der Waals surface area contributed by atoms with Crippen molar-refractivity contribution in [2.45, 2.75) is 25.3 Å². The van der Waals surface area contributed by atoms with Crippen LogP contribution in [-0.4, -0.2) is 28.1 Å². The van der Waals surface area contributed by atoms with Gasteiger partial charge in [0.25, 0.3) is 0 Å². The maximum Gasteiger partial charge on any atom is 0.222 e. The summed E-state index contributed by atoms with van der Waals surface area (Å²) >= 11 is 1.38. The lowest BCUT2D eigenvalue weighted by molar-refractivity contribution is -0.128. The van der Waals surface area contributed by atoms with Crippen molar-refractivity contribution in [3.8, 4) is 6.07 Å². The molecule has 1 fully saturated rings. The summed E-state index contributed by atoms with van der Waals surface area (Å²) in [6.07, 6.45) is 1.52. The number of amides is 1. The number of nitrogens with zero attached hydrogens (tertiary/aromatic N) is 3. The van der Waals surface area contributed by atoms with Crippen LogP contribution >= 0.6 is 11.3 Å². The van der Waals surface area contributed by atoms with E-state index in [1.807, 2.05) is 41.3 Å². The number of para-hydroxylation sites is 1. The number of thiazole rings is 1. The van der Waals surface area contributed by atoms with Crippen LogP contribution in [0.5, 0.6) is 0 Å². The van der Waals surface area contributed by atoms with E-state index < -0.39 is 5.92 Å². The molecule has 1 aliphatic rings. The van der Waals surface area contributed by atoms with Gasteiger partial charge in [-0.2, -0.15) is 5.26 Å². The van der Waals surface area contributed by atoms with Gasteiger partial charge in [-0.3, -0.25) is 9.59 Å². The molecule has 1 aromatic heterocycles. The van der Waals surface area contributed by atoms with Crippen LogP contribution in [0.25, 0.3) is 10.2 Å². The van der Waals surface area contributed by atoms with Crippen LogP contribution in [0, 0.1) is 11.3 Å². The quantitative estimate of drug-likeness (QED) is 0.634. The monoisotopic (exact) mass is 375 g/mol. The molecule has 4 rings (SSSR count). The van der Waals surface area contributed by atoms with Crippen LogP contribution in [0.4, 0.5) is 0 Å². The lowest BCUT2D eigenvalue weighted by atomic mass is 9.98. The lowest BCUT2D eigenvalue weighted by Crippen LogP contribution is -2.23. The minimum absolute atomic E-state index is 0.176. The summed E-state index contributed by atoms with van der Waals surface area (Å²) in [5, 5.41) is 10.1. The molecule has 1 unspecified atom stereocenters. The van der Waals surface area contributed by atoms with Gasteiger partial charge in [-0.25, -0.2) is 4.98 Å². The van der Waals surface area contributed by atoms with Crippen LogP contribution < -0.4 is 0 Å². The summed E-state index contributed by atoms with van der Waals surface area (Å²) in [6.45, 7) is 1.35. The number of rotatable bonds is 5. The zero-order valence-electron chi connectivity index (χ0n) is 14.6. The first kappa shape index (κ1) is 17.4. The fourth-order valence-electron chi connectivity index (χ4n) is 3.27. The van der Waals surface area contributed by atoms with E-state index in [-0.39, 0.29) is 11.7 Å². The summed E-state index contributed by atoms with van der Waals surface area (Å²) in [6, 6.07) is 16.9. The minimum atomic E-state index is -0.909. The van der Waals surface area contributed by atoms with Crippen molar-refractivity contribution in [2.75, 3.05) is 6.54 Å². The molecule has 0 radical (unpaired) electrons. The van der Waals surface area contributed by atoms with E-state index in [2.05, 4.69) is 11.1 Å². The van der Waals surface area contributed by atoms with Gasteiger partial charge in [0.05, 0.1) is 16.3 Å². The number of ketones is 1. The predicted molar refractivity (Wildman–Crippen MR) is 103 cm³/mol. The fourth-order valence-corrected chi connectivity index (χ4v) is 4.28. The number of carbonyl (C=O) groups is 2. The third-order valence-electron chi connectivity index (χ3n) is 4.73. The average molecular weight is 375 g/mol. The molecule has 0 bridgehead atoms. The summed E-state index contributed by atoms with van der Waals surface area (Å²) in [4.78, 5) is 30.9. The fraction of sp³-hybridized carbons (Fsp3) is 0.238. The molecule has 6 heteroatoms. The van der Waals surface area contributed by atoms with Crippen molar-refractivity contribution >= 4 is 33.2 Å². The topological polar surface area (TPSA) is 74.1 Å². The van der Waals surface area contributed by atoms with Crippen molar-refractivity contribution in [1.82, 2.24) is 9.88 Å². The SMILES string of the molecule is N#CC(C(=O)c1ccc(CN2CCCC2=O)cc1)c1nc2ccccc2s1. The van der Waals surface area contributed by atoms with Crippen molar-refractivity contribution in [3.63, 3.8) is 0 Å². The Balaban J connectivity index is 1.53. The molecule has 1 aliphatic heterocycles. The molecule has 0 spiro atoms. The second-order valence-electron chi connectivity index (χ2n) is 6.56. The van der Waals surface area contributed by atoms with Crippen molar-refractivity contribution < 1.29 is 9.59 Å². The molecule has 1 saturated heterocycles. The Bertz CT molecular complexity index is 1020. The minimum Gasteiger partial charge on any atom is -0.338 e. The van der Waals surface area contributed by atoms with Gasteiger partial charge in [-0.15, -0.1) is 11.3 Å². The Morgan fingerprint density at radius 1 is 1.22 bits per heavy atom. The van der Waals surface area contributed by atoms with E-state index in [0.717, 1.165) is 28.7 Å². The first-order valence-electron chi connectivity index (χ1n) is 8.82. The zero-order chi connectivity index (χ0) is 18.8. The van der Waals surface area contributed by atoms with Crippen LogP contribution in [0.3, 0.4) is 0 Å². The highest BCUT2D eigenvalue weighted by Gasteiger charge is 2.25. The molecular formula is C21H17N3O2S. The van der Waals surface area contributed by atoms with E-state index in [4.69, 9.17) is 0 Å². The van der Waals surface area contributed by atoms with E-state index in [9.17, 15) is 14.9 Å². The molecule has 3 aromatic rings. The van der Waals surface area contributed by atoms with Crippen molar-refractivity contribution in [3.05, 3.63) is 64.7 Å². The largest absolute Gasteiger partial charge is 0.338 e. The van der Waals surface area contributed by atoms with Crippen LogP contribution in [0.1, 0.15) is 39.7 Å². The number of likely N-dealkylation sites (tertiary alicyclic amines) is 1. The number of hydrogen-bond acceptors (Lipinski definition) is 5. The van der Waals surface area contributed by atoms with Gasteiger partial charge in [-0.05, 0) is 24.1 Å². The molecule has 27 heavy (non-hydrogen) atoms. The predicted octanol–water partition coefficient (Wildman–Crippen LogP) is 3.91. The van der Waals surface area contributed by atoms with Gasteiger partial charge in [0.1, 0.15) is 5.01 Å². The number of nitriles is 1. The van der Waals surface area contributed by atoms with Gasteiger partial charge in [-0.1, -0.05) is 36.4 Å². The van der Waals surface area contributed by atoms with Gasteiger partial charge >= 0.3 is 0 Å². The number of benzene rings is 2. The van der Waals surface area contributed by atoms with Gasteiger partial charge < -0.3 is 4.90 Å². The molecule has 134 valence electrons. The zero-order valence-corrected chi connectivity index (χ0v) is 15.4. The maximum atomic E-state index is 12.8. The van der Waals surface area contributed by atoms with Crippen molar-refractivity contribution in [2.24, 2.45) is 0 Å². The Hall–Kier alpha value is -3.04. The van der Waals surface area contributed by atoms with Gasteiger partial charge in [0, 0.05) is 25.1 Å². The first-order chi connectivity index (χ1) is 13.2. The van der Waals surface area contributed by atoms with Crippen LogP contribution in [0.2, 0.25) is 0 Å². The third kappa shape index (κ3) is 3.46. The molecule has 0 N–H and O–H groups in total. The number of Topliss-reactive ketones (excluding diaryl/α,β-unsaturated/α-hetero) is 1. The van der Waals surface area contributed by atoms with Crippen molar-refractivity contribution in [1.29, 1.82) is 5.26 Å². The van der Waals surface area contributed by atoms with Crippen LogP contribution in [0.15, 0.2) is 48.5 Å². The average Bonchev–Trinajstić information content (AvgIpc) is 3.29. The highest BCUT2D eigenvalue weighted by atomic mass is 32.1. The molecule has 2 aromatic carbocycles. The highest BCUT2D eigenvalue weighted by molar-refractivity contribution is 7.18. The molecule has 1 amide bonds. The number of aromatic nitrogens is 1. The Labute approximate surface area is 160 Å². The smallest absolute Gasteiger partial charge is 0.222 e. The van der Waals surface area contributed by atoms with E-state index in [0.29, 0.717) is 23.5 Å². The standard InChI is InChI=1S/C21H17N3O2S/c22-12-16(21-23-17-4-1-2-5-18(17)27-21)20(26)15-9-7-14(8-10-15)13-24-11-3-6-19(24)25/h1-2,4-5,7-10,16H,3,6,11,13H2. The van der Waals surface area contributed by atoms with Gasteiger partial charge in [0.15, 0.2) is 11.7 Å². The van der Waals surface area contributed by atoms with E-state index in [1.54, 1.807) is 12.1 Å². The number of carbonyl (C=O) groups excluding carboxylic acids is 2. The molecule has 2 heterocycles. The molecule has 5 nitrogen and oxygen atoms in total. The van der Waals surface area contributed by atoms with E-state index >= 15 is 0 Å². The number of fused-ring (bicyclic) bond motifs is 1. The Kier molecular flexibility index (Phi) is 4.69. The van der Waals surface area contributed by atoms with Crippen LogP contribution in [-0.2, 0) is 11.3 Å². The normalized spacial score (nSPS) is 15.1. The highest BCUT2D eigenvalue weighted by Crippen LogP contribution is 2.29. The Morgan fingerprint density at radius 2 is 2.00 bits per heavy atom. The third-order valence-corrected chi connectivity index (χ3v) is 5.83. The summed E-state index contributed by atoms with van der Waals surface area (Å²) in [5.74, 6) is -0.982. The summed E-state index contributed by atoms with van der Waals surface area (Å²) < 4.78 is 0.964. The Morgan fingerprint density at radius 3 is 2.67 bits per heavy atom. The molecule has 0 saturated carbocycles. The molecule has 0 aliphatic carbocycles. The maximum absolute atomic E-state index is 12.8. The second-order valence-corrected chi connectivity index (χ2v) is 7.62. The molecule has 1 atom stereocenters. The summed E-state index contributed by atoms with van der Waals surface area (Å²) in [7, 11) is 0. The van der Waals surface area contributed by atoms with E-state index in [1.165, 1.54) is 11.3 Å². The lowest BCUT2D eigenvalue weighted by Gasteiger charge is -2.15. The summed E-state index contributed by atoms with van der Waals surface area (Å²) in [5.41, 5.74) is 2.27. The first-order valence-corrected chi connectivity index (χ1v) is 9.63. The second kappa shape index (κ2) is 7.29. The van der Waals surface area contributed by atoms with Gasteiger partial charge in [0.2, 0.25) is 5.91 Å².